The Kier molecular flexibility index (Phi) is 4.66. The zero-order valence-electron chi connectivity index (χ0n) is 13.0. The maximum absolute atomic E-state index is 11.9. The van der Waals surface area contributed by atoms with Crippen molar-refractivity contribution >= 4 is 11.6 Å². The molecule has 0 bridgehead atoms. The van der Waals surface area contributed by atoms with Crippen LogP contribution in [0.2, 0.25) is 0 Å². The number of aromatic hydroxyl groups is 1. The van der Waals surface area contributed by atoms with Crippen LogP contribution in [0.5, 0.6) is 5.75 Å². The summed E-state index contributed by atoms with van der Waals surface area (Å²) in [6.07, 6.45) is 4.18. The number of hydrogen-bond acceptors (Lipinski definition) is 3. The molecule has 0 atom stereocenters. The van der Waals surface area contributed by atoms with Gasteiger partial charge in [-0.3, -0.25) is 4.79 Å². The quantitative estimate of drug-likeness (QED) is 0.815. The molecule has 1 amide bonds. The topological polar surface area (TPSA) is 61.7 Å². The molecule has 0 saturated heterocycles. The molecule has 21 heavy (non-hydrogen) atoms. The van der Waals surface area contributed by atoms with E-state index in [1.165, 1.54) is 12.1 Å². The number of phenols is 1. The van der Waals surface area contributed by atoms with Gasteiger partial charge in [0.2, 0.25) is 0 Å². The second-order valence-electron chi connectivity index (χ2n) is 6.81. The number of rotatable bonds is 2. The summed E-state index contributed by atoms with van der Waals surface area (Å²) < 4.78 is 0. The fourth-order valence-corrected chi connectivity index (χ4v) is 2.74. The molecule has 2 rings (SSSR count). The fourth-order valence-electron chi connectivity index (χ4n) is 2.74. The molecule has 0 aliphatic heterocycles. The van der Waals surface area contributed by atoms with Gasteiger partial charge >= 0.3 is 0 Å². The van der Waals surface area contributed by atoms with Crippen LogP contribution in [0.15, 0.2) is 29.4 Å². The third-order valence-corrected chi connectivity index (χ3v) is 4.23. The first kappa shape index (κ1) is 15.5. The highest BCUT2D eigenvalue weighted by molar-refractivity contribution is 5.95. The molecule has 1 aromatic rings. The van der Waals surface area contributed by atoms with Crippen LogP contribution in [0.25, 0.3) is 0 Å². The Morgan fingerprint density at radius 1 is 1.19 bits per heavy atom. The maximum atomic E-state index is 11.9. The van der Waals surface area contributed by atoms with Crippen LogP contribution in [0.1, 0.15) is 56.8 Å². The minimum atomic E-state index is -0.236. The van der Waals surface area contributed by atoms with Gasteiger partial charge in [-0.25, -0.2) is 5.43 Å². The van der Waals surface area contributed by atoms with Crippen LogP contribution >= 0.6 is 0 Å². The number of carbonyl (C=O) groups is 1. The zero-order valence-corrected chi connectivity index (χ0v) is 13.0. The first-order valence-electron chi connectivity index (χ1n) is 7.51. The van der Waals surface area contributed by atoms with Crippen molar-refractivity contribution in [1.29, 1.82) is 0 Å². The second-order valence-corrected chi connectivity index (χ2v) is 6.81. The predicted octanol–water partition coefficient (Wildman–Crippen LogP) is 3.71. The van der Waals surface area contributed by atoms with Crippen LogP contribution in [0.3, 0.4) is 0 Å². The minimum absolute atomic E-state index is 0.151. The first-order valence-corrected chi connectivity index (χ1v) is 7.51. The van der Waals surface area contributed by atoms with Crippen molar-refractivity contribution in [1.82, 2.24) is 5.43 Å². The van der Waals surface area contributed by atoms with Gasteiger partial charge in [-0.15, -0.1) is 0 Å². The third kappa shape index (κ3) is 4.31. The van der Waals surface area contributed by atoms with E-state index in [-0.39, 0.29) is 11.7 Å². The highest BCUT2D eigenvalue weighted by Gasteiger charge is 2.28. The monoisotopic (exact) mass is 288 g/mol. The van der Waals surface area contributed by atoms with E-state index in [1.807, 2.05) is 0 Å². The normalized spacial score (nSPS) is 19.2. The van der Waals surface area contributed by atoms with E-state index in [2.05, 4.69) is 31.3 Å². The van der Waals surface area contributed by atoms with Crippen molar-refractivity contribution in [2.75, 3.05) is 0 Å². The smallest absolute Gasteiger partial charge is 0.271 e. The van der Waals surface area contributed by atoms with Gasteiger partial charge in [-0.1, -0.05) is 20.8 Å². The lowest BCUT2D eigenvalue weighted by molar-refractivity contribution is 0.0954. The number of amides is 1. The SMILES string of the molecule is CC(C)(C)C1CCC(=NNC(=O)c2ccc(O)cc2)CC1. The van der Waals surface area contributed by atoms with Gasteiger partial charge in [0.15, 0.2) is 0 Å². The van der Waals surface area contributed by atoms with Crippen molar-refractivity contribution in [3.63, 3.8) is 0 Å². The van der Waals surface area contributed by atoms with Crippen molar-refractivity contribution in [2.24, 2.45) is 16.4 Å². The fraction of sp³-hybridized carbons (Fsp3) is 0.529. The van der Waals surface area contributed by atoms with E-state index < -0.39 is 0 Å². The lowest BCUT2D eigenvalue weighted by atomic mass is 9.72. The largest absolute Gasteiger partial charge is 0.508 e. The number of hydrazone groups is 1. The van der Waals surface area contributed by atoms with Gasteiger partial charge in [0.05, 0.1) is 0 Å². The summed E-state index contributed by atoms with van der Waals surface area (Å²) in [4.78, 5) is 11.9. The molecule has 1 aliphatic carbocycles. The molecule has 0 aromatic heterocycles. The molecular formula is C17H24N2O2. The van der Waals surface area contributed by atoms with Crippen LogP contribution in [-0.4, -0.2) is 16.7 Å². The summed E-state index contributed by atoms with van der Waals surface area (Å²) in [7, 11) is 0. The molecule has 0 radical (unpaired) electrons. The molecule has 4 nitrogen and oxygen atoms in total. The minimum Gasteiger partial charge on any atom is -0.508 e. The van der Waals surface area contributed by atoms with Gasteiger partial charge in [-0.05, 0) is 61.3 Å². The molecule has 0 unspecified atom stereocenters. The van der Waals surface area contributed by atoms with Gasteiger partial charge in [0.25, 0.3) is 5.91 Å². The summed E-state index contributed by atoms with van der Waals surface area (Å²) in [5.74, 6) is 0.642. The van der Waals surface area contributed by atoms with E-state index in [4.69, 9.17) is 0 Å². The lowest BCUT2D eigenvalue weighted by Gasteiger charge is -2.34. The molecule has 4 heteroatoms. The predicted molar refractivity (Wildman–Crippen MR) is 84.4 cm³/mol. The third-order valence-electron chi connectivity index (χ3n) is 4.23. The molecule has 1 saturated carbocycles. The van der Waals surface area contributed by atoms with E-state index >= 15 is 0 Å². The zero-order chi connectivity index (χ0) is 15.5. The summed E-state index contributed by atoms with van der Waals surface area (Å²) in [6, 6.07) is 6.16. The highest BCUT2D eigenvalue weighted by atomic mass is 16.3. The average Bonchev–Trinajstić information content (AvgIpc) is 2.45. The summed E-state index contributed by atoms with van der Waals surface area (Å²) in [5, 5.41) is 13.5. The molecule has 1 aromatic carbocycles. The standard InChI is InChI=1S/C17H24N2O2/c1-17(2,3)13-6-8-14(9-7-13)18-19-16(21)12-4-10-15(20)11-5-12/h4-5,10-11,13,20H,6-9H2,1-3H3,(H,19,21). The Hall–Kier alpha value is -1.84. The van der Waals surface area contributed by atoms with Gasteiger partial charge in [0, 0.05) is 11.3 Å². The molecule has 1 aliphatic rings. The van der Waals surface area contributed by atoms with E-state index in [9.17, 15) is 9.90 Å². The van der Waals surface area contributed by atoms with Gasteiger partial charge in [0.1, 0.15) is 5.75 Å². The van der Waals surface area contributed by atoms with E-state index in [0.717, 1.165) is 37.3 Å². The summed E-state index contributed by atoms with van der Waals surface area (Å²) >= 11 is 0. The number of hydrogen-bond donors (Lipinski definition) is 2. The number of nitrogens with zero attached hydrogens (tertiary/aromatic N) is 1. The van der Waals surface area contributed by atoms with E-state index in [1.54, 1.807) is 12.1 Å². The summed E-state index contributed by atoms with van der Waals surface area (Å²) in [6.45, 7) is 6.85. The molecule has 0 spiro atoms. The summed E-state index contributed by atoms with van der Waals surface area (Å²) in [5.41, 5.74) is 4.53. The number of nitrogens with one attached hydrogen (secondary N) is 1. The van der Waals surface area contributed by atoms with Gasteiger partial charge in [-0.2, -0.15) is 5.10 Å². The molecular weight excluding hydrogens is 264 g/mol. The molecule has 114 valence electrons. The van der Waals surface area contributed by atoms with Crippen molar-refractivity contribution in [3.05, 3.63) is 29.8 Å². The first-order chi connectivity index (χ1) is 9.86. The highest BCUT2D eigenvalue weighted by Crippen LogP contribution is 2.36. The Balaban J connectivity index is 1.88. The Morgan fingerprint density at radius 3 is 2.29 bits per heavy atom. The van der Waals surface area contributed by atoms with Crippen molar-refractivity contribution < 1.29 is 9.90 Å². The molecule has 1 fully saturated rings. The Morgan fingerprint density at radius 2 is 1.76 bits per heavy atom. The number of benzene rings is 1. The molecule has 0 heterocycles. The van der Waals surface area contributed by atoms with Crippen LogP contribution in [-0.2, 0) is 0 Å². The second kappa shape index (κ2) is 6.29. The van der Waals surface area contributed by atoms with Crippen molar-refractivity contribution in [2.45, 2.75) is 46.5 Å². The van der Waals surface area contributed by atoms with Gasteiger partial charge < -0.3 is 5.11 Å². The van der Waals surface area contributed by atoms with Crippen LogP contribution in [0.4, 0.5) is 0 Å². The Labute approximate surface area is 126 Å². The lowest BCUT2D eigenvalue weighted by Crippen LogP contribution is -2.27. The van der Waals surface area contributed by atoms with Crippen molar-refractivity contribution in [3.8, 4) is 5.75 Å². The average molecular weight is 288 g/mol. The Bertz CT molecular complexity index is 517. The molecule has 2 N–H and O–H groups in total. The van der Waals surface area contributed by atoms with E-state index in [0.29, 0.717) is 11.0 Å². The van der Waals surface area contributed by atoms with Crippen LogP contribution < -0.4 is 5.43 Å². The maximum Gasteiger partial charge on any atom is 0.271 e. The van der Waals surface area contributed by atoms with Crippen LogP contribution in [0, 0.1) is 11.3 Å². The number of carbonyl (C=O) groups excluding carboxylic acids is 1. The number of phenolic OH excluding ortho intramolecular Hbond substituents is 1.